The largest absolute Gasteiger partial charge is 0.444 e. The first kappa shape index (κ1) is 27.2. The number of nitrogens with one attached hydrogen (secondary N) is 3. The maximum Gasteiger partial charge on any atom is 0.405 e. The van der Waals surface area contributed by atoms with Gasteiger partial charge in [-0.1, -0.05) is 49.1 Å². The van der Waals surface area contributed by atoms with Crippen LogP contribution in [0.1, 0.15) is 71.6 Å². The highest BCUT2D eigenvalue weighted by atomic mass is 35.5. The van der Waals surface area contributed by atoms with Gasteiger partial charge in [-0.3, -0.25) is 0 Å². The number of anilines is 1. The molecule has 2 heterocycles. The van der Waals surface area contributed by atoms with Crippen molar-refractivity contribution in [3.8, 4) is 11.3 Å². The molecule has 0 aliphatic heterocycles. The molecule has 3 aromatic rings. The predicted octanol–water partition coefficient (Wildman–Crippen LogP) is 6.42. The van der Waals surface area contributed by atoms with Gasteiger partial charge in [-0.25, -0.2) is 14.8 Å². The molecule has 0 unspecified atom stereocenters. The van der Waals surface area contributed by atoms with E-state index in [1.54, 1.807) is 6.20 Å². The Hall–Kier alpha value is -2.84. The average Bonchev–Trinajstić information content (AvgIpc) is 3.48. The lowest BCUT2D eigenvalue weighted by atomic mass is 9.99. The van der Waals surface area contributed by atoms with Gasteiger partial charge in [0.2, 0.25) is 5.95 Å². The van der Waals surface area contributed by atoms with Gasteiger partial charge in [0.05, 0.1) is 16.9 Å². The summed E-state index contributed by atoms with van der Waals surface area (Å²) in [5.74, 6) is 0.625. The SMILES string of the molecule is CC(C)(CCCCCCCN[C@H]1CC[C@H](Nc2ncc(Cl)c(-c3c[nH]c4ccccc34)n2)C1)OC(N)=O. The number of carbonyl (C=O) groups is 1. The number of nitrogens with two attached hydrogens (primary N) is 1. The Morgan fingerprint density at radius 1 is 1.16 bits per heavy atom. The lowest BCUT2D eigenvalue weighted by Crippen LogP contribution is -2.30. The standard InChI is InChI=1S/C28H39ClN6O2/c1-28(2,37-26(30)36)14-8-4-3-5-9-15-31-19-12-13-20(16-19)34-27-33-18-23(29)25(35-27)22-17-32-24-11-7-6-10-21(22)24/h6-7,10-11,17-20,31-32H,3-5,8-9,12-16H2,1-2H3,(H2,30,36)(H,33,34,35)/t19-,20-/m0/s1. The average molecular weight is 527 g/mol. The Labute approximate surface area is 224 Å². The molecule has 1 fully saturated rings. The summed E-state index contributed by atoms with van der Waals surface area (Å²) < 4.78 is 5.14. The van der Waals surface area contributed by atoms with Crippen molar-refractivity contribution in [2.24, 2.45) is 5.73 Å². The number of rotatable bonds is 13. The Kier molecular flexibility index (Phi) is 9.27. The van der Waals surface area contributed by atoms with Gasteiger partial charge in [0.25, 0.3) is 0 Å². The van der Waals surface area contributed by atoms with Crippen molar-refractivity contribution in [2.75, 3.05) is 11.9 Å². The molecule has 5 N–H and O–H groups in total. The van der Waals surface area contributed by atoms with E-state index in [1.165, 1.54) is 19.3 Å². The number of halogens is 1. The van der Waals surface area contributed by atoms with Crippen LogP contribution in [0, 0.1) is 0 Å². The van der Waals surface area contributed by atoms with Gasteiger partial charge in [-0.05, 0) is 65.0 Å². The van der Waals surface area contributed by atoms with Gasteiger partial charge in [-0.15, -0.1) is 0 Å². The maximum absolute atomic E-state index is 10.9. The van der Waals surface area contributed by atoms with Crippen molar-refractivity contribution < 1.29 is 9.53 Å². The highest BCUT2D eigenvalue weighted by Gasteiger charge is 2.25. The zero-order valence-corrected chi connectivity index (χ0v) is 22.6. The van der Waals surface area contributed by atoms with E-state index in [-0.39, 0.29) is 0 Å². The Bertz CT molecular complexity index is 1180. The fourth-order valence-electron chi connectivity index (χ4n) is 5.21. The van der Waals surface area contributed by atoms with E-state index in [0.717, 1.165) is 67.2 Å². The summed E-state index contributed by atoms with van der Waals surface area (Å²) in [6, 6.07) is 9.01. The van der Waals surface area contributed by atoms with Crippen LogP contribution in [-0.2, 0) is 4.74 Å². The molecule has 0 bridgehead atoms. The number of H-pyrrole nitrogens is 1. The molecule has 1 saturated carbocycles. The topological polar surface area (TPSA) is 118 Å². The predicted molar refractivity (Wildman–Crippen MR) is 150 cm³/mol. The van der Waals surface area contributed by atoms with Crippen LogP contribution >= 0.6 is 11.6 Å². The highest BCUT2D eigenvalue weighted by molar-refractivity contribution is 6.33. The number of primary amides is 1. The van der Waals surface area contributed by atoms with Crippen molar-refractivity contribution in [2.45, 2.75) is 89.3 Å². The second kappa shape index (κ2) is 12.6. The minimum Gasteiger partial charge on any atom is -0.444 e. The fraction of sp³-hybridized carbons (Fsp3) is 0.536. The molecule has 37 heavy (non-hydrogen) atoms. The summed E-state index contributed by atoms with van der Waals surface area (Å²) in [5.41, 5.74) is 7.44. The fourth-order valence-corrected chi connectivity index (χ4v) is 5.40. The van der Waals surface area contributed by atoms with E-state index in [0.29, 0.717) is 23.1 Å². The lowest BCUT2D eigenvalue weighted by molar-refractivity contribution is 0.0372. The number of hydrogen-bond acceptors (Lipinski definition) is 6. The number of ether oxygens (including phenoxy) is 1. The van der Waals surface area contributed by atoms with Crippen molar-refractivity contribution in [1.29, 1.82) is 0 Å². The number of hydrogen-bond donors (Lipinski definition) is 4. The van der Waals surface area contributed by atoms with Gasteiger partial charge in [0.15, 0.2) is 0 Å². The number of amides is 1. The number of nitrogens with zero attached hydrogens (tertiary/aromatic N) is 2. The van der Waals surface area contributed by atoms with Crippen LogP contribution in [0.3, 0.4) is 0 Å². The molecule has 1 aromatic carbocycles. The van der Waals surface area contributed by atoms with Crippen molar-refractivity contribution in [3.05, 3.63) is 41.7 Å². The van der Waals surface area contributed by atoms with E-state index in [1.807, 2.05) is 38.2 Å². The second-order valence-electron chi connectivity index (χ2n) is 10.6. The summed E-state index contributed by atoms with van der Waals surface area (Å²) in [6.45, 7) is 4.86. The quantitative estimate of drug-likeness (QED) is 0.191. The molecule has 1 amide bonds. The number of aromatic nitrogens is 3. The molecule has 0 saturated heterocycles. The van der Waals surface area contributed by atoms with Crippen LogP contribution in [0.2, 0.25) is 5.02 Å². The first-order valence-electron chi connectivity index (χ1n) is 13.4. The third-order valence-corrected chi connectivity index (χ3v) is 7.40. The van der Waals surface area contributed by atoms with Crippen LogP contribution in [0.4, 0.5) is 10.7 Å². The minimum absolute atomic E-state index is 0.348. The van der Waals surface area contributed by atoms with Crippen LogP contribution in [0.5, 0.6) is 0 Å². The van der Waals surface area contributed by atoms with Crippen LogP contribution < -0.4 is 16.4 Å². The summed E-state index contributed by atoms with van der Waals surface area (Å²) in [6.07, 6.45) is 12.8. The minimum atomic E-state index is -0.698. The lowest BCUT2D eigenvalue weighted by Gasteiger charge is -2.23. The van der Waals surface area contributed by atoms with E-state index in [9.17, 15) is 4.79 Å². The first-order valence-corrected chi connectivity index (χ1v) is 13.8. The maximum atomic E-state index is 10.9. The molecular formula is C28H39ClN6O2. The molecule has 0 radical (unpaired) electrons. The van der Waals surface area contributed by atoms with Gasteiger partial charge < -0.3 is 26.1 Å². The number of aromatic amines is 1. The highest BCUT2D eigenvalue weighted by Crippen LogP contribution is 2.33. The Morgan fingerprint density at radius 3 is 2.76 bits per heavy atom. The zero-order chi connectivity index (χ0) is 26.3. The molecule has 9 heteroatoms. The van der Waals surface area contributed by atoms with Crippen molar-refractivity contribution >= 4 is 34.5 Å². The summed E-state index contributed by atoms with van der Waals surface area (Å²) >= 11 is 6.48. The molecule has 2 aromatic heterocycles. The van der Waals surface area contributed by atoms with Gasteiger partial charge in [0, 0.05) is 34.7 Å². The van der Waals surface area contributed by atoms with Gasteiger partial charge >= 0.3 is 6.09 Å². The molecule has 2 atom stereocenters. The smallest absolute Gasteiger partial charge is 0.405 e. The second-order valence-corrected chi connectivity index (χ2v) is 11.0. The van der Waals surface area contributed by atoms with E-state index in [4.69, 9.17) is 27.1 Å². The molecule has 4 rings (SSSR count). The summed E-state index contributed by atoms with van der Waals surface area (Å²) in [4.78, 5) is 23.4. The van der Waals surface area contributed by atoms with Gasteiger partial charge in [-0.2, -0.15) is 0 Å². The Morgan fingerprint density at radius 2 is 1.92 bits per heavy atom. The monoisotopic (exact) mass is 526 g/mol. The molecule has 1 aliphatic carbocycles. The molecule has 1 aliphatic rings. The molecular weight excluding hydrogens is 488 g/mol. The third-order valence-electron chi connectivity index (χ3n) is 7.12. The zero-order valence-electron chi connectivity index (χ0n) is 21.9. The van der Waals surface area contributed by atoms with Crippen LogP contribution in [0.25, 0.3) is 22.2 Å². The number of unbranched alkanes of at least 4 members (excludes halogenated alkanes) is 4. The third kappa shape index (κ3) is 7.82. The molecule has 200 valence electrons. The summed E-state index contributed by atoms with van der Waals surface area (Å²) in [5, 5.41) is 8.89. The van der Waals surface area contributed by atoms with Crippen LogP contribution in [0.15, 0.2) is 36.7 Å². The number of para-hydroxylation sites is 1. The molecule has 0 spiro atoms. The Balaban J connectivity index is 1.16. The summed E-state index contributed by atoms with van der Waals surface area (Å²) in [7, 11) is 0. The van der Waals surface area contributed by atoms with Crippen molar-refractivity contribution in [1.82, 2.24) is 20.3 Å². The number of fused-ring (bicyclic) bond motifs is 1. The normalized spacial score (nSPS) is 17.8. The number of carbonyl (C=O) groups excluding carboxylic acids is 1. The molecule has 8 nitrogen and oxygen atoms in total. The van der Waals surface area contributed by atoms with E-state index in [2.05, 4.69) is 26.7 Å². The van der Waals surface area contributed by atoms with Gasteiger partial charge in [0.1, 0.15) is 5.60 Å². The number of benzene rings is 1. The van der Waals surface area contributed by atoms with E-state index >= 15 is 0 Å². The van der Waals surface area contributed by atoms with Crippen molar-refractivity contribution in [3.63, 3.8) is 0 Å². The van der Waals surface area contributed by atoms with Crippen LogP contribution in [-0.4, -0.2) is 45.3 Å². The van der Waals surface area contributed by atoms with E-state index < -0.39 is 11.7 Å². The first-order chi connectivity index (χ1) is 17.8.